The Bertz CT molecular complexity index is 640. The molecular weight excluding hydrogens is 390 g/mol. The first kappa shape index (κ1) is 18.7. The predicted molar refractivity (Wildman–Crippen MR) is 103 cm³/mol. The summed E-state index contributed by atoms with van der Waals surface area (Å²) in [7, 11) is 0. The van der Waals surface area contributed by atoms with Crippen LogP contribution < -0.4 is 5.32 Å². The van der Waals surface area contributed by atoms with Gasteiger partial charge in [0.15, 0.2) is 0 Å². The molecule has 0 aromatic rings. The fraction of sp³-hybridized carbons (Fsp3) is 0.412. The number of unbranched alkanes of at least 4 members (excludes halogenated alkanes) is 2. The molecule has 2 rings (SSSR count). The van der Waals surface area contributed by atoms with Gasteiger partial charge in [0, 0.05) is 24.0 Å². The first-order chi connectivity index (χ1) is 11.5. The minimum absolute atomic E-state index is 0.0256. The zero-order valence-corrected chi connectivity index (χ0v) is 15.7. The van der Waals surface area contributed by atoms with E-state index in [1.54, 1.807) is 11.0 Å². The number of nitrogens with zero attached hydrogens (tertiary/aromatic N) is 2. The smallest absolute Gasteiger partial charge is 0.241 e. The Morgan fingerprint density at radius 1 is 1.42 bits per heavy atom. The van der Waals surface area contributed by atoms with Crippen LogP contribution in [0.2, 0.25) is 0 Å². The molecule has 1 unspecified atom stereocenters. The summed E-state index contributed by atoms with van der Waals surface area (Å²) in [5.74, 6) is -0.367. The molecule has 2 amide bonds. The van der Waals surface area contributed by atoms with Crippen molar-refractivity contribution in [1.82, 2.24) is 10.2 Å². The molecule has 0 fully saturated rings. The lowest BCUT2D eigenvalue weighted by atomic mass is 9.95. The van der Waals surface area contributed by atoms with Crippen LogP contribution in [0.1, 0.15) is 25.7 Å². The van der Waals surface area contributed by atoms with Crippen molar-refractivity contribution < 1.29 is 9.59 Å². The topological polar surface area (TPSA) is 61.8 Å². The first-order valence-corrected chi connectivity index (χ1v) is 9.10. The van der Waals surface area contributed by atoms with Crippen LogP contribution in [0.5, 0.6) is 0 Å². The largest absolute Gasteiger partial charge is 0.353 e. The van der Waals surface area contributed by atoms with Crippen molar-refractivity contribution in [3.05, 3.63) is 35.4 Å². The van der Waals surface area contributed by atoms with E-state index < -0.39 is 0 Å². The molecule has 0 saturated carbocycles. The third-order valence-electron chi connectivity index (χ3n) is 3.77. The number of hydrogen-bond acceptors (Lipinski definition) is 3. The number of amides is 2. The summed E-state index contributed by atoms with van der Waals surface area (Å²) >= 11 is 8.64. The molecule has 0 aromatic carbocycles. The monoisotopic (exact) mass is 409 g/mol. The third-order valence-corrected chi connectivity index (χ3v) is 4.62. The minimum Gasteiger partial charge on any atom is -0.353 e. The number of aliphatic imine (C=N–C) groups is 1. The summed E-state index contributed by atoms with van der Waals surface area (Å²) in [6, 6.07) is 0. The summed E-state index contributed by atoms with van der Waals surface area (Å²) in [6.07, 6.45) is 10.1. The Kier molecular flexibility index (Phi) is 7.05. The van der Waals surface area contributed by atoms with Crippen LogP contribution >= 0.6 is 28.1 Å². The molecule has 1 N–H and O–H groups in total. The minimum atomic E-state index is -0.360. The number of thiocarbonyl (C=S) groups is 1. The number of nitrogens with one attached hydrogen (secondary N) is 1. The molecule has 1 aliphatic heterocycles. The number of hydrogen-bond donors (Lipinski definition) is 1. The van der Waals surface area contributed by atoms with Crippen LogP contribution in [-0.2, 0) is 9.59 Å². The molecule has 0 aromatic heterocycles. The van der Waals surface area contributed by atoms with Crippen molar-refractivity contribution in [3.8, 4) is 0 Å². The average Bonchev–Trinajstić information content (AvgIpc) is 2.56. The fourth-order valence-electron chi connectivity index (χ4n) is 2.52. The van der Waals surface area contributed by atoms with Gasteiger partial charge in [0.1, 0.15) is 5.92 Å². The highest BCUT2D eigenvalue weighted by Crippen LogP contribution is 2.25. The van der Waals surface area contributed by atoms with Crippen LogP contribution in [-0.4, -0.2) is 40.6 Å². The molecule has 1 atom stereocenters. The van der Waals surface area contributed by atoms with Gasteiger partial charge in [-0.05, 0) is 37.2 Å². The number of carbonyl (C=O) groups is 2. The molecule has 5 nitrogen and oxygen atoms in total. The zero-order chi connectivity index (χ0) is 17.5. The van der Waals surface area contributed by atoms with Crippen molar-refractivity contribution in [2.45, 2.75) is 25.7 Å². The number of fused-ring (bicyclic) bond motifs is 1. The maximum Gasteiger partial charge on any atom is 0.241 e. The molecule has 0 saturated heterocycles. The molecule has 0 bridgehead atoms. The van der Waals surface area contributed by atoms with Gasteiger partial charge in [-0.3, -0.25) is 14.5 Å². The lowest BCUT2D eigenvalue weighted by Gasteiger charge is -2.30. The van der Waals surface area contributed by atoms with Crippen LogP contribution in [0.15, 0.2) is 40.4 Å². The standard InChI is InChI=1S/C17H20BrN3O2S/c1-2-9-19-15(22)6-4-3-5-10-21-16(23)13-11-12(18)7-8-14(13)20-17(21)24/h2,7-8,11,13H,1,3-6,9-10H2,(H,19,22). The SMILES string of the molecule is C=CCNC(=O)CCCCCN1C(=O)C2C=C(Br)C=CC2=NC1=S. The maximum absolute atomic E-state index is 12.6. The van der Waals surface area contributed by atoms with Crippen molar-refractivity contribution >= 4 is 50.8 Å². The van der Waals surface area contributed by atoms with E-state index in [0.717, 1.165) is 23.7 Å². The maximum atomic E-state index is 12.6. The second-order valence-electron chi connectivity index (χ2n) is 5.58. The van der Waals surface area contributed by atoms with E-state index in [0.29, 0.717) is 30.3 Å². The average molecular weight is 410 g/mol. The number of rotatable bonds is 8. The Balaban J connectivity index is 1.79. The zero-order valence-electron chi connectivity index (χ0n) is 13.3. The lowest BCUT2D eigenvalue weighted by molar-refractivity contribution is -0.128. The molecule has 128 valence electrons. The summed E-state index contributed by atoms with van der Waals surface area (Å²) in [5.41, 5.74) is 0.698. The third kappa shape index (κ3) is 4.95. The summed E-state index contributed by atoms with van der Waals surface area (Å²) in [6.45, 7) is 4.59. The van der Waals surface area contributed by atoms with Gasteiger partial charge in [0.05, 0.1) is 5.71 Å². The number of allylic oxidation sites excluding steroid dienone is 3. The van der Waals surface area contributed by atoms with Gasteiger partial charge in [0.2, 0.25) is 16.9 Å². The van der Waals surface area contributed by atoms with E-state index in [9.17, 15) is 9.59 Å². The summed E-state index contributed by atoms with van der Waals surface area (Å²) in [5, 5.41) is 3.07. The Morgan fingerprint density at radius 2 is 2.21 bits per heavy atom. The normalized spacial score (nSPS) is 19.5. The molecule has 24 heavy (non-hydrogen) atoms. The van der Waals surface area contributed by atoms with Crippen LogP contribution in [0.4, 0.5) is 0 Å². The van der Waals surface area contributed by atoms with Gasteiger partial charge < -0.3 is 5.32 Å². The Labute approximate surface area is 155 Å². The Morgan fingerprint density at radius 3 is 2.96 bits per heavy atom. The van der Waals surface area contributed by atoms with Crippen molar-refractivity contribution in [2.75, 3.05) is 13.1 Å². The van der Waals surface area contributed by atoms with Gasteiger partial charge in [-0.2, -0.15) is 0 Å². The molecule has 0 spiro atoms. The molecule has 7 heteroatoms. The van der Waals surface area contributed by atoms with E-state index in [4.69, 9.17) is 12.2 Å². The van der Waals surface area contributed by atoms with Crippen molar-refractivity contribution in [2.24, 2.45) is 10.9 Å². The number of carbonyl (C=O) groups excluding carboxylic acids is 2. The second kappa shape index (κ2) is 9.03. The summed E-state index contributed by atoms with van der Waals surface area (Å²) in [4.78, 5) is 30.0. The summed E-state index contributed by atoms with van der Waals surface area (Å²) < 4.78 is 0.873. The van der Waals surface area contributed by atoms with Crippen LogP contribution in [0.3, 0.4) is 0 Å². The first-order valence-electron chi connectivity index (χ1n) is 7.90. The molecular formula is C17H20BrN3O2S. The number of halogens is 1. The van der Waals surface area contributed by atoms with Crippen molar-refractivity contribution in [1.29, 1.82) is 0 Å². The lowest BCUT2D eigenvalue weighted by Crippen LogP contribution is -2.46. The van der Waals surface area contributed by atoms with Gasteiger partial charge in [-0.25, -0.2) is 4.99 Å². The van der Waals surface area contributed by atoms with E-state index in [1.807, 2.05) is 18.2 Å². The van der Waals surface area contributed by atoms with E-state index in [1.165, 1.54) is 0 Å². The second-order valence-corrected chi connectivity index (χ2v) is 6.86. The van der Waals surface area contributed by atoms with Crippen molar-refractivity contribution in [3.63, 3.8) is 0 Å². The Hall–Kier alpha value is -1.60. The van der Waals surface area contributed by atoms with E-state index in [-0.39, 0.29) is 17.7 Å². The van der Waals surface area contributed by atoms with E-state index in [2.05, 4.69) is 32.8 Å². The van der Waals surface area contributed by atoms with Gasteiger partial charge >= 0.3 is 0 Å². The highest BCUT2D eigenvalue weighted by Gasteiger charge is 2.34. The van der Waals surface area contributed by atoms with Gasteiger partial charge in [-0.1, -0.05) is 34.5 Å². The quantitative estimate of drug-likeness (QED) is 0.380. The molecule has 1 heterocycles. The van der Waals surface area contributed by atoms with Gasteiger partial charge in [-0.15, -0.1) is 6.58 Å². The fourth-order valence-corrected chi connectivity index (χ4v) is 3.20. The van der Waals surface area contributed by atoms with Gasteiger partial charge in [0.25, 0.3) is 0 Å². The highest BCUT2D eigenvalue weighted by molar-refractivity contribution is 9.11. The van der Waals surface area contributed by atoms with E-state index >= 15 is 0 Å². The van der Waals surface area contributed by atoms with Crippen LogP contribution in [0, 0.1) is 5.92 Å². The van der Waals surface area contributed by atoms with Crippen LogP contribution in [0.25, 0.3) is 0 Å². The molecule has 0 radical (unpaired) electrons. The molecule has 2 aliphatic rings. The highest BCUT2D eigenvalue weighted by atomic mass is 79.9. The molecule has 1 aliphatic carbocycles. The predicted octanol–water partition coefficient (Wildman–Crippen LogP) is 2.88.